The van der Waals surface area contributed by atoms with Crippen LogP contribution in [0.15, 0.2) is 12.1 Å². The first-order valence-corrected chi connectivity index (χ1v) is 5.60. The molecule has 1 aliphatic carbocycles. The normalized spacial score (nSPS) is 16.2. The molecule has 3 nitrogen and oxygen atoms in total. The van der Waals surface area contributed by atoms with Crippen LogP contribution in [0, 0.1) is 0 Å². The van der Waals surface area contributed by atoms with Gasteiger partial charge in [0.25, 0.3) is 0 Å². The van der Waals surface area contributed by atoms with Crippen LogP contribution in [-0.4, -0.2) is 18.1 Å². The Morgan fingerprint density at radius 2 is 2.06 bits per heavy atom. The lowest BCUT2D eigenvalue weighted by Gasteiger charge is -2.26. The first kappa shape index (κ1) is 12.9. The van der Waals surface area contributed by atoms with E-state index in [0.29, 0.717) is 0 Å². The molecule has 0 atom stereocenters. The number of hydrogen-bond acceptors (Lipinski definition) is 3. The number of carbonyl (C=O) groups is 1. The van der Waals surface area contributed by atoms with Crippen molar-refractivity contribution in [2.24, 2.45) is 0 Å². The summed E-state index contributed by atoms with van der Waals surface area (Å²) >= 11 is 0. The van der Waals surface area contributed by atoms with Crippen molar-refractivity contribution in [3.63, 3.8) is 0 Å². The van der Waals surface area contributed by atoms with Gasteiger partial charge in [0.15, 0.2) is 0 Å². The lowest BCUT2D eigenvalue weighted by atomic mass is 9.81. The van der Waals surface area contributed by atoms with Gasteiger partial charge in [-0.15, -0.1) is 0 Å². The highest BCUT2D eigenvalue weighted by molar-refractivity contribution is 5.90. The van der Waals surface area contributed by atoms with E-state index in [0.717, 1.165) is 31.4 Å². The van der Waals surface area contributed by atoms with Crippen molar-refractivity contribution in [2.45, 2.75) is 31.4 Å². The van der Waals surface area contributed by atoms with Crippen molar-refractivity contribution in [3.05, 3.63) is 29.1 Å². The van der Waals surface area contributed by atoms with Gasteiger partial charge < -0.3 is 4.74 Å². The molecule has 0 radical (unpaired) electrons. The Labute approximate surface area is 102 Å². The van der Waals surface area contributed by atoms with Crippen LogP contribution in [0.3, 0.4) is 0 Å². The fourth-order valence-electron chi connectivity index (χ4n) is 1.91. The molecule has 1 fully saturated rings. The number of nitrogens with zero attached hydrogens (tertiary/aromatic N) is 1. The van der Waals surface area contributed by atoms with Gasteiger partial charge in [0.05, 0.1) is 18.4 Å². The maximum Gasteiger partial charge on any atom is 0.433 e. The highest BCUT2D eigenvalue weighted by Crippen LogP contribution is 2.38. The number of rotatable bonds is 2. The number of esters is 1. The molecule has 98 valence electrons. The molecule has 2 rings (SSSR count). The highest BCUT2D eigenvalue weighted by atomic mass is 19.4. The quantitative estimate of drug-likeness (QED) is 0.766. The second-order valence-electron chi connectivity index (χ2n) is 4.25. The van der Waals surface area contributed by atoms with Crippen molar-refractivity contribution in [1.82, 2.24) is 4.98 Å². The number of pyridine rings is 1. The number of methoxy groups -OCH3 is 1. The third-order valence-electron chi connectivity index (χ3n) is 3.11. The van der Waals surface area contributed by atoms with Gasteiger partial charge >= 0.3 is 12.1 Å². The van der Waals surface area contributed by atoms with Crippen molar-refractivity contribution < 1.29 is 22.7 Å². The standard InChI is InChI=1S/C12H12F3NO2/c1-18-11(17)8-5-6-9(12(13,14)15)16-10(8)7-3-2-4-7/h5-7H,2-4H2,1H3. The van der Waals surface area contributed by atoms with Gasteiger partial charge in [-0.05, 0) is 25.0 Å². The number of alkyl halides is 3. The first-order chi connectivity index (χ1) is 8.43. The summed E-state index contributed by atoms with van der Waals surface area (Å²) in [5.41, 5.74) is -0.616. The largest absolute Gasteiger partial charge is 0.465 e. The average Bonchev–Trinajstić information content (AvgIpc) is 2.24. The number of hydrogen-bond donors (Lipinski definition) is 0. The van der Waals surface area contributed by atoms with Crippen LogP contribution in [0.4, 0.5) is 13.2 Å². The van der Waals surface area contributed by atoms with Gasteiger partial charge in [0.1, 0.15) is 5.69 Å². The van der Waals surface area contributed by atoms with Crippen LogP contribution in [0.1, 0.15) is 46.9 Å². The molecule has 6 heteroatoms. The van der Waals surface area contributed by atoms with E-state index in [2.05, 4.69) is 9.72 Å². The molecule has 1 aliphatic rings. The van der Waals surface area contributed by atoms with Gasteiger partial charge in [-0.2, -0.15) is 13.2 Å². The van der Waals surface area contributed by atoms with Crippen LogP contribution in [0.2, 0.25) is 0 Å². The zero-order valence-corrected chi connectivity index (χ0v) is 9.75. The Balaban J connectivity index is 2.45. The van der Waals surface area contributed by atoms with Crippen molar-refractivity contribution in [2.75, 3.05) is 7.11 Å². The fraction of sp³-hybridized carbons (Fsp3) is 0.500. The predicted octanol–water partition coefficient (Wildman–Crippen LogP) is 3.15. The second kappa shape index (κ2) is 4.59. The lowest BCUT2D eigenvalue weighted by molar-refractivity contribution is -0.141. The number of carbonyl (C=O) groups excluding carboxylic acids is 1. The highest BCUT2D eigenvalue weighted by Gasteiger charge is 2.35. The number of aromatic nitrogens is 1. The van der Waals surface area contributed by atoms with E-state index in [1.54, 1.807) is 0 Å². The van der Waals surface area contributed by atoms with Crippen LogP contribution in [-0.2, 0) is 10.9 Å². The third kappa shape index (κ3) is 2.32. The Morgan fingerprint density at radius 1 is 1.39 bits per heavy atom. The summed E-state index contributed by atoms with van der Waals surface area (Å²) in [6.45, 7) is 0. The molecule has 0 saturated heterocycles. The van der Waals surface area contributed by atoms with Gasteiger partial charge in [-0.25, -0.2) is 9.78 Å². The molecule has 0 spiro atoms. The van der Waals surface area contributed by atoms with Crippen LogP contribution < -0.4 is 0 Å². The van der Waals surface area contributed by atoms with E-state index in [1.807, 2.05) is 0 Å². The Bertz CT molecular complexity index is 467. The van der Waals surface area contributed by atoms with Crippen molar-refractivity contribution in [3.8, 4) is 0 Å². The lowest BCUT2D eigenvalue weighted by Crippen LogP contribution is -2.19. The summed E-state index contributed by atoms with van der Waals surface area (Å²) in [7, 11) is 1.20. The number of ether oxygens (including phenoxy) is 1. The summed E-state index contributed by atoms with van der Waals surface area (Å²) < 4.78 is 42.3. The molecule has 18 heavy (non-hydrogen) atoms. The van der Waals surface area contributed by atoms with Crippen LogP contribution in [0.5, 0.6) is 0 Å². The SMILES string of the molecule is COC(=O)c1ccc(C(F)(F)F)nc1C1CCC1. The van der Waals surface area contributed by atoms with Gasteiger partial charge in [-0.3, -0.25) is 0 Å². The minimum atomic E-state index is -4.49. The maximum absolute atomic E-state index is 12.6. The first-order valence-electron chi connectivity index (χ1n) is 5.60. The molecule has 1 heterocycles. The van der Waals surface area contributed by atoms with Crippen molar-refractivity contribution in [1.29, 1.82) is 0 Å². The molecule has 0 N–H and O–H groups in total. The molecule has 1 aromatic rings. The molecular formula is C12H12F3NO2. The summed E-state index contributed by atoms with van der Waals surface area (Å²) in [5.74, 6) is -0.709. The summed E-state index contributed by atoms with van der Waals surface area (Å²) in [6.07, 6.45) is -2.02. The number of halogens is 3. The monoisotopic (exact) mass is 259 g/mol. The van der Waals surface area contributed by atoms with E-state index in [4.69, 9.17) is 0 Å². The molecule has 1 saturated carbocycles. The van der Waals surface area contributed by atoms with E-state index in [9.17, 15) is 18.0 Å². The molecule has 1 aromatic heterocycles. The third-order valence-corrected chi connectivity index (χ3v) is 3.11. The molecular weight excluding hydrogens is 247 g/mol. The maximum atomic E-state index is 12.6. The van der Waals surface area contributed by atoms with E-state index < -0.39 is 17.8 Å². The molecule has 0 aromatic carbocycles. The van der Waals surface area contributed by atoms with Crippen LogP contribution >= 0.6 is 0 Å². The van der Waals surface area contributed by atoms with Gasteiger partial charge in [0, 0.05) is 5.92 Å². The Hall–Kier alpha value is -1.59. The minimum absolute atomic E-state index is 0.0681. The van der Waals surface area contributed by atoms with E-state index in [-0.39, 0.29) is 17.2 Å². The van der Waals surface area contributed by atoms with Gasteiger partial charge in [-0.1, -0.05) is 6.42 Å². The zero-order chi connectivity index (χ0) is 13.3. The van der Waals surface area contributed by atoms with E-state index >= 15 is 0 Å². The molecule has 0 amide bonds. The molecule has 0 aliphatic heterocycles. The smallest absolute Gasteiger partial charge is 0.433 e. The van der Waals surface area contributed by atoms with Crippen LogP contribution in [0.25, 0.3) is 0 Å². The summed E-state index contributed by atoms with van der Waals surface area (Å²) in [4.78, 5) is 15.1. The van der Waals surface area contributed by atoms with Gasteiger partial charge in [0.2, 0.25) is 0 Å². The zero-order valence-electron chi connectivity index (χ0n) is 9.75. The molecule has 0 bridgehead atoms. The Kier molecular flexibility index (Phi) is 3.28. The predicted molar refractivity (Wildman–Crippen MR) is 57.2 cm³/mol. The topological polar surface area (TPSA) is 39.2 Å². The Morgan fingerprint density at radius 3 is 2.50 bits per heavy atom. The fourth-order valence-corrected chi connectivity index (χ4v) is 1.91. The molecule has 0 unspecified atom stereocenters. The second-order valence-corrected chi connectivity index (χ2v) is 4.25. The summed E-state index contributed by atoms with van der Waals surface area (Å²) in [6, 6.07) is 1.96. The summed E-state index contributed by atoms with van der Waals surface area (Å²) in [5, 5.41) is 0. The minimum Gasteiger partial charge on any atom is -0.465 e. The van der Waals surface area contributed by atoms with E-state index in [1.165, 1.54) is 7.11 Å². The van der Waals surface area contributed by atoms with Crippen molar-refractivity contribution >= 4 is 5.97 Å². The average molecular weight is 259 g/mol.